The van der Waals surface area contributed by atoms with Crippen LogP contribution in [0, 0.1) is 0 Å². The minimum Gasteiger partial charge on any atom is -0.455 e. The summed E-state index contributed by atoms with van der Waals surface area (Å²) >= 11 is 0. The van der Waals surface area contributed by atoms with Crippen molar-refractivity contribution >= 4 is 65.6 Å². The molecule has 4 heterocycles. The Labute approximate surface area is 355 Å². The molecule has 0 saturated heterocycles. The van der Waals surface area contributed by atoms with Gasteiger partial charge in [0.25, 0.3) is 0 Å². The average molecular weight is 794 g/mol. The second-order valence-corrected chi connectivity index (χ2v) is 15.8. The number of hydrogen-bond acceptors (Lipinski definition) is 3. The van der Waals surface area contributed by atoms with Crippen molar-refractivity contribution in [2.75, 3.05) is 0 Å². The topological polar surface area (TPSA) is 53.7 Å². The first-order chi connectivity index (χ1) is 30.8. The van der Waals surface area contributed by atoms with E-state index in [0.29, 0.717) is 0 Å². The van der Waals surface area contributed by atoms with E-state index in [2.05, 4.69) is 196 Å². The van der Waals surface area contributed by atoms with E-state index in [-0.39, 0.29) is 0 Å². The number of para-hydroxylation sites is 5. The molecule has 0 saturated carbocycles. The maximum Gasteiger partial charge on any atom is 0.168 e. The van der Waals surface area contributed by atoms with Crippen molar-refractivity contribution in [1.82, 2.24) is 23.9 Å². The van der Waals surface area contributed by atoms with Gasteiger partial charge in [-0.15, -0.1) is 10.2 Å². The van der Waals surface area contributed by atoms with Gasteiger partial charge in [0.05, 0.1) is 33.1 Å². The van der Waals surface area contributed by atoms with E-state index in [1.165, 1.54) is 10.8 Å². The maximum absolute atomic E-state index is 6.60. The molecule has 62 heavy (non-hydrogen) atoms. The van der Waals surface area contributed by atoms with E-state index in [9.17, 15) is 0 Å². The molecule has 0 radical (unpaired) electrons. The number of aromatic nitrogens is 5. The fraction of sp³-hybridized carbons (Fsp3) is 0. The van der Waals surface area contributed by atoms with Crippen molar-refractivity contribution in [3.63, 3.8) is 0 Å². The maximum atomic E-state index is 6.60. The molecule has 13 aromatic rings. The van der Waals surface area contributed by atoms with Crippen molar-refractivity contribution in [3.05, 3.63) is 212 Å². The van der Waals surface area contributed by atoms with E-state index < -0.39 is 0 Å². The van der Waals surface area contributed by atoms with Crippen LogP contribution in [0.15, 0.2) is 217 Å². The zero-order valence-electron chi connectivity index (χ0n) is 33.4. The quantitative estimate of drug-likeness (QED) is 0.168. The highest BCUT2D eigenvalue weighted by molar-refractivity contribution is 6.24. The van der Waals surface area contributed by atoms with Gasteiger partial charge in [0.2, 0.25) is 0 Å². The lowest BCUT2D eigenvalue weighted by Crippen LogP contribution is -2.00. The van der Waals surface area contributed by atoms with Crippen LogP contribution in [-0.4, -0.2) is 23.9 Å². The van der Waals surface area contributed by atoms with E-state index >= 15 is 0 Å². The van der Waals surface area contributed by atoms with E-state index in [1.54, 1.807) is 0 Å². The Balaban J connectivity index is 0.938. The van der Waals surface area contributed by atoms with E-state index in [0.717, 1.165) is 106 Å². The lowest BCUT2D eigenvalue weighted by molar-refractivity contribution is 0.673. The molecule has 0 spiro atoms. The van der Waals surface area contributed by atoms with Gasteiger partial charge in [-0.25, -0.2) is 0 Å². The largest absolute Gasteiger partial charge is 0.455 e. The zero-order chi connectivity index (χ0) is 40.7. The van der Waals surface area contributed by atoms with Crippen LogP contribution in [0.5, 0.6) is 0 Å². The Kier molecular flexibility index (Phi) is 7.50. The number of nitrogens with zero attached hydrogens (tertiary/aromatic N) is 5. The van der Waals surface area contributed by atoms with Crippen molar-refractivity contribution in [3.8, 4) is 51.0 Å². The van der Waals surface area contributed by atoms with Gasteiger partial charge in [-0.3, -0.25) is 4.57 Å². The first-order valence-corrected chi connectivity index (χ1v) is 20.9. The van der Waals surface area contributed by atoms with Crippen LogP contribution in [0.2, 0.25) is 0 Å². The number of rotatable bonds is 6. The van der Waals surface area contributed by atoms with Gasteiger partial charge in [0.1, 0.15) is 11.2 Å². The molecule has 290 valence electrons. The summed E-state index contributed by atoms with van der Waals surface area (Å²) in [4.78, 5) is 0. The highest BCUT2D eigenvalue weighted by Gasteiger charge is 2.22. The van der Waals surface area contributed by atoms with Gasteiger partial charge < -0.3 is 13.6 Å². The van der Waals surface area contributed by atoms with Gasteiger partial charge in [-0.05, 0) is 84.4 Å². The molecule has 0 N–H and O–H groups in total. The minimum atomic E-state index is 0.794. The van der Waals surface area contributed by atoms with Crippen LogP contribution in [0.1, 0.15) is 0 Å². The van der Waals surface area contributed by atoms with Gasteiger partial charge in [-0.2, -0.15) is 0 Å². The molecule has 0 unspecified atom stereocenters. The predicted octanol–water partition coefficient (Wildman–Crippen LogP) is 14.4. The Morgan fingerprint density at radius 2 is 0.919 bits per heavy atom. The molecule has 9 aromatic carbocycles. The molecule has 0 bridgehead atoms. The third-order valence-corrected chi connectivity index (χ3v) is 12.4. The van der Waals surface area contributed by atoms with Crippen molar-refractivity contribution < 1.29 is 4.42 Å². The summed E-state index contributed by atoms with van der Waals surface area (Å²) in [7, 11) is 0. The van der Waals surface area contributed by atoms with Crippen molar-refractivity contribution in [1.29, 1.82) is 0 Å². The molecule has 0 aliphatic heterocycles. The molecule has 0 aliphatic rings. The minimum absolute atomic E-state index is 0.794. The monoisotopic (exact) mass is 793 g/mol. The molecule has 6 nitrogen and oxygen atoms in total. The SMILES string of the molecule is c1ccc(-c2nnc(-c3ccc4c(c3)c3ccccc3n4-c3ccc(-c4ccccc4-n4c5ccccc5c5c6oc7ccccc7c6ccc54)cc3)n2-c2ccccc2)cc1. The lowest BCUT2D eigenvalue weighted by atomic mass is 10.0. The third kappa shape index (κ3) is 5.10. The van der Waals surface area contributed by atoms with Gasteiger partial charge in [0.15, 0.2) is 11.6 Å². The first-order valence-electron chi connectivity index (χ1n) is 20.9. The van der Waals surface area contributed by atoms with Gasteiger partial charge in [-0.1, -0.05) is 133 Å². The number of hydrogen-bond donors (Lipinski definition) is 0. The highest BCUT2D eigenvalue weighted by Crippen LogP contribution is 2.43. The molecule has 6 heteroatoms. The molecule has 0 aliphatic carbocycles. The van der Waals surface area contributed by atoms with E-state index in [4.69, 9.17) is 14.6 Å². The number of fused-ring (bicyclic) bond motifs is 10. The Hall–Kier alpha value is -8.48. The van der Waals surface area contributed by atoms with Crippen LogP contribution < -0.4 is 0 Å². The normalized spacial score (nSPS) is 11.9. The summed E-state index contributed by atoms with van der Waals surface area (Å²) in [6, 6.07) is 75.1. The zero-order valence-corrected chi connectivity index (χ0v) is 33.4. The molecule has 0 atom stereocenters. The Morgan fingerprint density at radius 1 is 0.339 bits per heavy atom. The summed E-state index contributed by atoms with van der Waals surface area (Å²) in [5.74, 6) is 1.60. The lowest BCUT2D eigenvalue weighted by Gasteiger charge is -2.15. The Morgan fingerprint density at radius 3 is 1.73 bits per heavy atom. The van der Waals surface area contributed by atoms with Gasteiger partial charge in [0, 0.05) is 55.0 Å². The summed E-state index contributed by atoms with van der Waals surface area (Å²) in [5.41, 5.74) is 13.9. The van der Waals surface area contributed by atoms with E-state index in [1.807, 2.05) is 30.3 Å². The standard InChI is InChI=1S/C56H35N5O/c1-3-15-37(16-4-1)55-57-58-56(60(55)39-17-5-2-6-18-39)38-29-33-50-46(35-38)42-20-8-12-24-48(42)59(50)40-30-27-36(28-31-40)41-19-7-11-23-47(41)61-49-25-13-9-22-45(49)53-51(61)34-32-44-43-21-10-14-26-52(43)62-54(44)53/h1-35H. The number of furan rings is 1. The molecular formula is C56H35N5O. The smallest absolute Gasteiger partial charge is 0.168 e. The average Bonchev–Trinajstić information content (AvgIpc) is 4.12. The molecule has 4 aromatic heterocycles. The number of benzene rings is 9. The van der Waals surface area contributed by atoms with Crippen LogP contribution in [0.3, 0.4) is 0 Å². The fourth-order valence-electron chi connectivity index (χ4n) is 9.65. The summed E-state index contributed by atoms with van der Waals surface area (Å²) in [5, 5.41) is 16.5. The van der Waals surface area contributed by atoms with Crippen LogP contribution in [0.25, 0.3) is 117 Å². The summed E-state index contributed by atoms with van der Waals surface area (Å²) in [6.07, 6.45) is 0. The molecular weight excluding hydrogens is 759 g/mol. The van der Waals surface area contributed by atoms with Crippen LogP contribution >= 0.6 is 0 Å². The van der Waals surface area contributed by atoms with Crippen LogP contribution in [-0.2, 0) is 0 Å². The molecule has 0 fully saturated rings. The molecule has 13 rings (SSSR count). The van der Waals surface area contributed by atoms with Crippen LogP contribution in [0.4, 0.5) is 0 Å². The first kappa shape index (κ1) is 34.4. The van der Waals surface area contributed by atoms with Crippen molar-refractivity contribution in [2.24, 2.45) is 0 Å². The van der Waals surface area contributed by atoms with Gasteiger partial charge >= 0.3 is 0 Å². The third-order valence-electron chi connectivity index (χ3n) is 12.4. The predicted molar refractivity (Wildman–Crippen MR) is 254 cm³/mol. The summed E-state index contributed by atoms with van der Waals surface area (Å²) in [6.45, 7) is 0. The summed E-state index contributed by atoms with van der Waals surface area (Å²) < 4.78 is 13.5. The second-order valence-electron chi connectivity index (χ2n) is 15.8. The molecule has 0 amide bonds. The highest BCUT2D eigenvalue weighted by atomic mass is 16.3. The Bertz CT molecular complexity index is 3850. The van der Waals surface area contributed by atoms with Crippen molar-refractivity contribution in [2.45, 2.75) is 0 Å². The fourth-order valence-corrected chi connectivity index (χ4v) is 9.65. The second kappa shape index (κ2) is 13.5.